The van der Waals surface area contributed by atoms with E-state index in [0.29, 0.717) is 6.54 Å². The van der Waals surface area contributed by atoms with E-state index in [1.165, 1.54) is 42.3 Å². The third-order valence-electron chi connectivity index (χ3n) is 6.40. The van der Waals surface area contributed by atoms with Crippen molar-refractivity contribution in [3.63, 3.8) is 0 Å². The number of hydrogen-bond donors (Lipinski definition) is 2. The second kappa shape index (κ2) is 11.0. The Morgan fingerprint density at radius 3 is 2.57 bits per heavy atom. The highest BCUT2D eigenvalue weighted by Gasteiger charge is 2.48. The van der Waals surface area contributed by atoms with Crippen LogP contribution in [-0.2, 0) is 14.3 Å². The number of rotatable bonds is 6. The van der Waals surface area contributed by atoms with Crippen molar-refractivity contribution in [2.24, 2.45) is 0 Å². The van der Waals surface area contributed by atoms with Gasteiger partial charge in [0.05, 0.1) is 7.11 Å². The molecule has 0 radical (unpaired) electrons. The minimum absolute atomic E-state index is 0.0272. The molecule has 0 bridgehead atoms. The van der Waals surface area contributed by atoms with Crippen LogP contribution >= 0.6 is 11.6 Å². The highest BCUT2D eigenvalue weighted by molar-refractivity contribution is 6.31. The third-order valence-corrected chi connectivity index (χ3v) is 6.75. The van der Waals surface area contributed by atoms with E-state index in [9.17, 15) is 27.6 Å². The Hall–Kier alpha value is -3.31. The monoisotopic (exact) mass is 538 g/mol. The normalized spacial score (nSPS) is 19.9. The van der Waals surface area contributed by atoms with Crippen LogP contribution in [0.15, 0.2) is 48.5 Å². The minimum atomic E-state index is -2.88. The fourth-order valence-corrected chi connectivity index (χ4v) is 4.83. The van der Waals surface area contributed by atoms with Gasteiger partial charge in [0.2, 0.25) is 5.91 Å². The first-order valence-corrected chi connectivity index (χ1v) is 12.1. The van der Waals surface area contributed by atoms with Gasteiger partial charge in [-0.3, -0.25) is 19.4 Å². The molecule has 2 aliphatic rings. The van der Waals surface area contributed by atoms with Crippen molar-refractivity contribution in [3.05, 3.63) is 64.9 Å². The van der Waals surface area contributed by atoms with Gasteiger partial charge in [-0.15, -0.1) is 0 Å². The molecule has 3 amide bonds. The number of alkyl halides is 2. The fourth-order valence-electron chi connectivity index (χ4n) is 4.59. The molecule has 4 rings (SSSR count). The zero-order valence-corrected chi connectivity index (χ0v) is 20.7. The van der Waals surface area contributed by atoms with E-state index in [1.807, 2.05) is 0 Å². The van der Waals surface area contributed by atoms with Gasteiger partial charge < -0.3 is 15.4 Å². The number of nitrogens with zero attached hydrogens (tertiary/aromatic N) is 2. The Morgan fingerprint density at radius 1 is 1.19 bits per heavy atom. The molecule has 1 saturated heterocycles. The molecule has 0 spiro atoms. The van der Waals surface area contributed by atoms with Crippen molar-refractivity contribution in [3.8, 4) is 0 Å². The molecule has 12 heteroatoms. The van der Waals surface area contributed by atoms with Crippen LogP contribution in [0, 0.1) is 5.82 Å². The van der Waals surface area contributed by atoms with E-state index in [-0.39, 0.29) is 29.4 Å². The third kappa shape index (κ3) is 5.83. The average Bonchev–Trinajstić information content (AvgIpc) is 2.85. The van der Waals surface area contributed by atoms with Crippen LogP contribution in [0.4, 0.5) is 23.7 Å². The van der Waals surface area contributed by atoms with Gasteiger partial charge in [-0.25, -0.2) is 18.0 Å². The quantitative estimate of drug-likeness (QED) is 0.587. The maximum absolute atomic E-state index is 14.4. The lowest BCUT2D eigenvalue weighted by Crippen LogP contribution is -2.62. The Balaban J connectivity index is 1.80. The number of anilines is 1. The highest BCUT2D eigenvalue weighted by Crippen LogP contribution is 2.39. The van der Waals surface area contributed by atoms with Crippen molar-refractivity contribution < 1.29 is 32.3 Å². The number of nitrogens with one attached hydrogen (secondary N) is 2. The topological polar surface area (TPSA) is 91.0 Å². The summed E-state index contributed by atoms with van der Waals surface area (Å²) in [5.41, 5.74) is 0.234. The summed E-state index contributed by atoms with van der Waals surface area (Å²) < 4.78 is 46.2. The molecule has 2 N–H and O–H groups in total. The number of methoxy groups -OCH3 is 1. The summed E-state index contributed by atoms with van der Waals surface area (Å²) in [6.45, 7) is 0.606. The van der Waals surface area contributed by atoms with Crippen LogP contribution in [0.1, 0.15) is 24.4 Å². The number of halogens is 4. The maximum atomic E-state index is 14.4. The summed E-state index contributed by atoms with van der Waals surface area (Å²) in [6.07, 6.45) is -1.82. The molecule has 2 aromatic rings. The number of hydrogen-bond acceptors (Lipinski definition) is 5. The largest absolute Gasteiger partial charge is 0.453 e. The van der Waals surface area contributed by atoms with Crippen LogP contribution in [0.3, 0.4) is 0 Å². The first kappa shape index (κ1) is 26.7. The van der Waals surface area contributed by atoms with Gasteiger partial charge in [0.25, 0.3) is 11.8 Å². The minimum Gasteiger partial charge on any atom is -0.453 e. The van der Waals surface area contributed by atoms with Crippen molar-refractivity contribution >= 4 is 35.2 Å². The first-order valence-electron chi connectivity index (χ1n) is 11.7. The van der Waals surface area contributed by atoms with Gasteiger partial charge in [-0.1, -0.05) is 35.9 Å². The molecule has 1 saturated carbocycles. The van der Waals surface area contributed by atoms with Crippen LogP contribution in [0.5, 0.6) is 0 Å². The van der Waals surface area contributed by atoms with E-state index in [2.05, 4.69) is 10.6 Å². The van der Waals surface area contributed by atoms with Crippen molar-refractivity contribution in [1.82, 2.24) is 15.5 Å². The van der Waals surface area contributed by atoms with E-state index in [1.54, 1.807) is 12.1 Å². The van der Waals surface area contributed by atoms with Gasteiger partial charge in [0.1, 0.15) is 17.9 Å². The number of benzene rings is 2. The van der Waals surface area contributed by atoms with Gasteiger partial charge in [0, 0.05) is 54.8 Å². The molecule has 0 aromatic heterocycles. The van der Waals surface area contributed by atoms with Gasteiger partial charge in [-0.2, -0.15) is 0 Å². The van der Waals surface area contributed by atoms with Gasteiger partial charge in [0.15, 0.2) is 0 Å². The van der Waals surface area contributed by atoms with E-state index in [0.717, 1.165) is 11.0 Å². The van der Waals surface area contributed by atoms with Crippen LogP contribution in [0.25, 0.3) is 0 Å². The molecule has 1 unspecified atom stereocenters. The summed E-state index contributed by atoms with van der Waals surface area (Å²) in [7, 11) is 1.19. The second-order valence-corrected chi connectivity index (χ2v) is 9.37. The molecule has 1 aliphatic heterocycles. The number of amides is 3. The van der Waals surface area contributed by atoms with Crippen molar-refractivity contribution in [2.75, 3.05) is 31.6 Å². The molecular formula is C25H26ClF3N4O4. The molecule has 1 heterocycles. The molecule has 2 fully saturated rings. The van der Waals surface area contributed by atoms with E-state index in [4.69, 9.17) is 16.3 Å². The number of carbonyl (C=O) groups is 3. The molecule has 37 heavy (non-hydrogen) atoms. The molecule has 198 valence electrons. The Kier molecular flexibility index (Phi) is 7.93. The van der Waals surface area contributed by atoms with Gasteiger partial charge >= 0.3 is 6.09 Å². The van der Waals surface area contributed by atoms with Crippen molar-refractivity contribution in [2.45, 2.75) is 36.9 Å². The highest BCUT2D eigenvalue weighted by atomic mass is 35.5. The number of ether oxygens (including phenoxy) is 1. The Labute approximate surface area is 216 Å². The SMILES string of the molecule is COC(=O)N1CCNCC1C(=O)N(c1cccc(F)c1)[C@H](C(=O)NC1CC(F)(F)C1)c1ccccc1Cl. The molecule has 8 nitrogen and oxygen atoms in total. The Morgan fingerprint density at radius 2 is 1.92 bits per heavy atom. The van der Waals surface area contributed by atoms with Crippen LogP contribution in [0.2, 0.25) is 5.02 Å². The molecular weight excluding hydrogens is 513 g/mol. The summed E-state index contributed by atoms with van der Waals surface area (Å²) in [6, 6.07) is 7.99. The van der Waals surface area contributed by atoms with Crippen LogP contribution in [-0.4, -0.2) is 67.6 Å². The second-order valence-electron chi connectivity index (χ2n) is 8.97. The average molecular weight is 539 g/mol. The predicted octanol–water partition coefficient (Wildman–Crippen LogP) is 3.51. The molecule has 2 aromatic carbocycles. The van der Waals surface area contributed by atoms with Crippen molar-refractivity contribution in [1.29, 1.82) is 0 Å². The lowest BCUT2D eigenvalue weighted by Gasteiger charge is -2.41. The summed E-state index contributed by atoms with van der Waals surface area (Å²) >= 11 is 6.44. The standard InChI is InChI=1S/C25H26ClF3N4O4/c1-37-24(36)32-10-9-30-14-20(32)23(35)33(17-6-4-5-15(27)11-17)21(18-7-2-3-8-19(18)26)22(34)31-16-12-25(28,29)13-16/h2-8,11,16,20-21,30H,9-10,12-14H2,1H3,(H,31,34)/t20?,21-/m0/s1. The molecule has 2 atom stereocenters. The number of carbonyl (C=O) groups excluding carboxylic acids is 3. The summed E-state index contributed by atoms with van der Waals surface area (Å²) in [5, 5.41) is 5.76. The lowest BCUT2D eigenvalue weighted by molar-refractivity contribution is -0.133. The summed E-state index contributed by atoms with van der Waals surface area (Å²) in [5.74, 6) is -5.02. The smallest absolute Gasteiger partial charge is 0.410 e. The lowest BCUT2D eigenvalue weighted by atomic mass is 9.87. The summed E-state index contributed by atoms with van der Waals surface area (Å²) in [4.78, 5) is 42.5. The van der Waals surface area contributed by atoms with Crippen LogP contribution < -0.4 is 15.5 Å². The fraction of sp³-hybridized carbons (Fsp3) is 0.400. The zero-order valence-electron chi connectivity index (χ0n) is 19.9. The predicted molar refractivity (Wildman–Crippen MR) is 130 cm³/mol. The zero-order chi connectivity index (χ0) is 26.7. The maximum Gasteiger partial charge on any atom is 0.410 e. The Bertz CT molecular complexity index is 1180. The number of piperazine rings is 1. The van der Waals surface area contributed by atoms with E-state index < -0.39 is 60.6 Å². The van der Waals surface area contributed by atoms with E-state index >= 15 is 0 Å². The first-order chi connectivity index (χ1) is 17.6. The molecule has 1 aliphatic carbocycles. The van der Waals surface area contributed by atoms with Gasteiger partial charge in [-0.05, 0) is 24.3 Å².